The summed E-state index contributed by atoms with van der Waals surface area (Å²) in [5.74, 6) is 0. The van der Waals surface area contributed by atoms with Crippen LogP contribution in [0.3, 0.4) is 0 Å². The highest BCUT2D eigenvalue weighted by molar-refractivity contribution is 6.32. The number of hydrogen-bond donors (Lipinski definition) is 1. The molecule has 0 aliphatic rings. The number of nitrogens with one attached hydrogen (secondary N) is 1. The van der Waals surface area contributed by atoms with E-state index in [4.69, 9.17) is 11.6 Å². The minimum atomic E-state index is -0.225. The average molecular weight is 258 g/mol. The van der Waals surface area contributed by atoms with Gasteiger partial charge in [-0.3, -0.25) is 4.79 Å². The molecule has 0 fully saturated rings. The third kappa shape index (κ3) is 1.87. The lowest BCUT2D eigenvalue weighted by atomic mass is 10.1. The highest BCUT2D eigenvalue weighted by Gasteiger charge is 2.05. The zero-order valence-electron chi connectivity index (χ0n) is 9.22. The van der Waals surface area contributed by atoms with Crippen molar-refractivity contribution >= 4 is 22.6 Å². The number of pyridine rings is 1. The molecule has 1 aromatic carbocycles. The maximum Gasteiger partial charge on any atom is 0.266 e. The Labute approximate surface area is 107 Å². The average Bonchev–Trinajstić information content (AvgIpc) is 2.38. The van der Waals surface area contributed by atoms with Gasteiger partial charge in [0.25, 0.3) is 5.56 Å². The summed E-state index contributed by atoms with van der Waals surface area (Å²) >= 11 is 6.04. The Kier molecular flexibility index (Phi) is 2.57. The molecule has 4 nitrogen and oxygen atoms in total. The van der Waals surface area contributed by atoms with Crippen LogP contribution in [0.25, 0.3) is 22.2 Å². The molecule has 2 heterocycles. The molecule has 0 atom stereocenters. The number of halogens is 1. The Hall–Kier alpha value is -2.20. The molecule has 2 aromatic heterocycles. The van der Waals surface area contributed by atoms with E-state index in [9.17, 15) is 4.79 Å². The van der Waals surface area contributed by atoms with Crippen LogP contribution in [0.4, 0.5) is 0 Å². The molecule has 88 valence electrons. The van der Waals surface area contributed by atoms with Crippen LogP contribution < -0.4 is 5.56 Å². The van der Waals surface area contributed by atoms with Crippen molar-refractivity contribution in [1.29, 1.82) is 0 Å². The summed E-state index contributed by atoms with van der Waals surface area (Å²) in [6.45, 7) is 0. The molecule has 1 N–H and O–H groups in total. The van der Waals surface area contributed by atoms with Gasteiger partial charge in [0, 0.05) is 11.8 Å². The molecule has 0 radical (unpaired) electrons. The quantitative estimate of drug-likeness (QED) is 0.682. The van der Waals surface area contributed by atoms with E-state index in [1.807, 2.05) is 30.3 Å². The third-order valence-corrected chi connectivity index (χ3v) is 2.95. The van der Waals surface area contributed by atoms with Gasteiger partial charge in [0.1, 0.15) is 5.15 Å². The van der Waals surface area contributed by atoms with Crippen LogP contribution in [0.1, 0.15) is 0 Å². The maximum absolute atomic E-state index is 11.2. The van der Waals surface area contributed by atoms with Gasteiger partial charge < -0.3 is 4.98 Å². The predicted octanol–water partition coefficient (Wildman–Crippen LogP) is 2.64. The third-order valence-electron chi connectivity index (χ3n) is 2.65. The van der Waals surface area contributed by atoms with Crippen LogP contribution in [-0.4, -0.2) is 15.0 Å². The molecular formula is C13H8ClN3O. The van der Waals surface area contributed by atoms with E-state index in [-0.39, 0.29) is 5.56 Å². The molecule has 3 aromatic rings. The van der Waals surface area contributed by atoms with Crippen LogP contribution in [0.5, 0.6) is 0 Å². The predicted molar refractivity (Wildman–Crippen MR) is 70.6 cm³/mol. The zero-order chi connectivity index (χ0) is 12.5. The summed E-state index contributed by atoms with van der Waals surface area (Å²) in [5, 5.41) is 0.433. The van der Waals surface area contributed by atoms with Gasteiger partial charge in [0.2, 0.25) is 0 Å². The van der Waals surface area contributed by atoms with Gasteiger partial charge >= 0.3 is 0 Å². The second kappa shape index (κ2) is 4.23. The normalized spacial score (nSPS) is 10.7. The molecule has 0 aliphatic carbocycles. The fraction of sp³-hybridized carbons (Fsp3) is 0. The van der Waals surface area contributed by atoms with Gasteiger partial charge in [-0.2, -0.15) is 0 Å². The van der Waals surface area contributed by atoms with Crippen molar-refractivity contribution in [2.75, 3.05) is 0 Å². The Morgan fingerprint density at radius 1 is 1.17 bits per heavy atom. The summed E-state index contributed by atoms with van der Waals surface area (Å²) in [5.41, 5.74) is 2.91. The number of aromatic amines is 1. The van der Waals surface area contributed by atoms with E-state index in [1.54, 1.807) is 6.20 Å². The first kappa shape index (κ1) is 10.9. The molecular weight excluding hydrogens is 250 g/mol. The number of nitrogens with zero attached hydrogens (tertiary/aromatic N) is 2. The standard InChI is InChI=1S/C13H8ClN3O/c14-13-9(2-1-5-15-13)8-3-4-10-11(6-8)17-12(18)7-16-10/h1-7H,(H,17,18). The zero-order valence-corrected chi connectivity index (χ0v) is 9.98. The minimum Gasteiger partial charge on any atom is -0.319 e. The summed E-state index contributed by atoms with van der Waals surface area (Å²) in [4.78, 5) is 22.1. The number of rotatable bonds is 1. The SMILES string of the molecule is O=c1cnc2ccc(-c3cccnc3Cl)cc2[nH]1. The van der Waals surface area contributed by atoms with Crippen LogP contribution in [-0.2, 0) is 0 Å². The monoisotopic (exact) mass is 257 g/mol. The molecule has 5 heteroatoms. The maximum atomic E-state index is 11.2. The smallest absolute Gasteiger partial charge is 0.266 e. The van der Waals surface area contributed by atoms with Crippen molar-refractivity contribution < 1.29 is 0 Å². The van der Waals surface area contributed by atoms with Crippen LogP contribution in [0.15, 0.2) is 47.5 Å². The lowest BCUT2D eigenvalue weighted by molar-refractivity contribution is 1.22. The van der Waals surface area contributed by atoms with Crippen molar-refractivity contribution in [2.45, 2.75) is 0 Å². The highest BCUT2D eigenvalue weighted by Crippen LogP contribution is 2.27. The highest BCUT2D eigenvalue weighted by atomic mass is 35.5. The van der Waals surface area contributed by atoms with E-state index in [1.165, 1.54) is 6.20 Å². The molecule has 3 rings (SSSR count). The Balaban J connectivity index is 2.25. The van der Waals surface area contributed by atoms with Crippen molar-refractivity contribution in [1.82, 2.24) is 15.0 Å². The van der Waals surface area contributed by atoms with Crippen molar-refractivity contribution in [3.8, 4) is 11.1 Å². The fourth-order valence-electron chi connectivity index (χ4n) is 1.81. The summed E-state index contributed by atoms with van der Waals surface area (Å²) in [6, 6.07) is 9.27. The first-order valence-electron chi connectivity index (χ1n) is 5.34. The summed E-state index contributed by atoms with van der Waals surface area (Å²) < 4.78 is 0. The second-order valence-electron chi connectivity index (χ2n) is 3.82. The lowest BCUT2D eigenvalue weighted by Gasteiger charge is -2.04. The van der Waals surface area contributed by atoms with Crippen LogP contribution in [0, 0.1) is 0 Å². The molecule has 0 unspecified atom stereocenters. The molecule has 0 spiro atoms. The van der Waals surface area contributed by atoms with E-state index in [2.05, 4.69) is 15.0 Å². The topological polar surface area (TPSA) is 58.6 Å². The van der Waals surface area contributed by atoms with E-state index in [0.717, 1.165) is 16.6 Å². The van der Waals surface area contributed by atoms with Gasteiger partial charge in [-0.25, -0.2) is 9.97 Å². The minimum absolute atomic E-state index is 0.225. The van der Waals surface area contributed by atoms with Crippen molar-refractivity contribution in [3.63, 3.8) is 0 Å². The summed E-state index contributed by atoms with van der Waals surface area (Å²) in [6.07, 6.45) is 2.90. The first-order chi connectivity index (χ1) is 8.74. The Morgan fingerprint density at radius 2 is 2.06 bits per heavy atom. The largest absolute Gasteiger partial charge is 0.319 e. The number of H-pyrrole nitrogens is 1. The van der Waals surface area contributed by atoms with Crippen molar-refractivity contribution in [3.05, 3.63) is 58.2 Å². The van der Waals surface area contributed by atoms with E-state index in [0.29, 0.717) is 10.7 Å². The van der Waals surface area contributed by atoms with Crippen LogP contribution >= 0.6 is 11.6 Å². The molecule has 18 heavy (non-hydrogen) atoms. The van der Waals surface area contributed by atoms with Crippen LogP contribution in [0.2, 0.25) is 5.15 Å². The van der Waals surface area contributed by atoms with E-state index < -0.39 is 0 Å². The van der Waals surface area contributed by atoms with Gasteiger partial charge in [-0.1, -0.05) is 17.7 Å². The van der Waals surface area contributed by atoms with E-state index >= 15 is 0 Å². The molecule has 0 amide bonds. The summed E-state index contributed by atoms with van der Waals surface area (Å²) in [7, 11) is 0. The Morgan fingerprint density at radius 3 is 2.89 bits per heavy atom. The van der Waals surface area contributed by atoms with Gasteiger partial charge in [-0.15, -0.1) is 0 Å². The van der Waals surface area contributed by atoms with Gasteiger partial charge in [-0.05, 0) is 29.8 Å². The molecule has 0 saturated heterocycles. The number of fused-ring (bicyclic) bond motifs is 1. The van der Waals surface area contributed by atoms with Gasteiger partial charge in [0.05, 0.1) is 17.2 Å². The Bertz CT molecular complexity index is 782. The van der Waals surface area contributed by atoms with Gasteiger partial charge in [0.15, 0.2) is 0 Å². The number of aromatic nitrogens is 3. The molecule has 0 saturated carbocycles. The second-order valence-corrected chi connectivity index (χ2v) is 4.18. The lowest BCUT2D eigenvalue weighted by Crippen LogP contribution is -2.04. The van der Waals surface area contributed by atoms with Crippen molar-refractivity contribution in [2.24, 2.45) is 0 Å². The number of benzene rings is 1. The molecule has 0 aliphatic heterocycles. The molecule has 0 bridgehead atoms. The fourth-order valence-corrected chi connectivity index (χ4v) is 2.04. The number of hydrogen-bond acceptors (Lipinski definition) is 3. The first-order valence-corrected chi connectivity index (χ1v) is 5.72.